The van der Waals surface area contributed by atoms with Gasteiger partial charge < -0.3 is 19.3 Å². The van der Waals surface area contributed by atoms with E-state index in [1.165, 1.54) is 29.5 Å². The zero-order chi connectivity index (χ0) is 24.7. The summed E-state index contributed by atoms with van der Waals surface area (Å²) in [5.41, 5.74) is 3.29. The van der Waals surface area contributed by atoms with Crippen LogP contribution in [0.5, 0.6) is 0 Å². The van der Waals surface area contributed by atoms with Crippen LogP contribution in [-0.4, -0.2) is 53.8 Å². The maximum Gasteiger partial charge on any atom is 0.297 e. The largest absolute Gasteiger partial charge is 0.423 e. The van der Waals surface area contributed by atoms with E-state index in [-0.39, 0.29) is 17.4 Å². The predicted octanol–water partition coefficient (Wildman–Crippen LogP) is 5.26. The lowest BCUT2D eigenvalue weighted by Crippen LogP contribution is -2.47. The fourth-order valence-electron chi connectivity index (χ4n) is 6.14. The first kappa shape index (κ1) is 23.4. The maximum absolute atomic E-state index is 13.6. The van der Waals surface area contributed by atoms with Gasteiger partial charge in [-0.2, -0.15) is 0 Å². The summed E-state index contributed by atoms with van der Waals surface area (Å²) >= 11 is 0. The second-order valence-corrected chi connectivity index (χ2v) is 10.4. The minimum absolute atomic E-state index is 0.162. The first-order chi connectivity index (χ1) is 17.5. The van der Waals surface area contributed by atoms with E-state index in [0.717, 1.165) is 57.9 Å². The Morgan fingerprint density at radius 3 is 2.50 bits per heavy atom. The number of hydrogen-bond donors (Lipinski definition) is 1. The molecule has 2 saturated heterocycles. The lowest BCUT2D eigenvalue weighted by molar-refractivity contribution is 0.0407. The van der Waals surface area contributed by atoms with Crippen molar-refractivity contribution in [3.05, 3.63) is 77.5 Å². The number of β-amino-alcohol motifs (C(OH)–C–C–N with tert-alkyl or cyclic N) is 1. The highest BCUT2D eigenvalue weighted by Gasteiger charge is 2.38. The molecule has 0 amide bonds. The molecule has 1 atom stereocenters. The van der Waals surface area contributed by atoms with Crippen molar-refractivity contribution < 1.29 is 18.3 Å². The molecule has 36 heavy (non-hydrogen) atoms. The number of aliphatic hydroxyl groups is 1. The Hall–Kier alpha value is -3.03. The minimum atomic E-state index is -0.647. The normalized spacial score (nSPS) is 20.7. The molecule has 0 radical (unpaired) electrons. The Labute approximate surface area is 210 Å². The van der Waals surface area contributed by atoms with Crippen molar-refractivity contribution in [2.24, 2.45) is 5.92 Å². The molecule has 2 aromatic carbocycles. The van der Waals surface area contributed by atoms with Gasteiger partial charge in [0.2, 0.25) is 0 Å². The van der Waals surface area contributed by atoms with Crippen LogP contribution < -0.4 is 4.90 Å². The van der Waals surface area contributed by atoms with E-state index in [9.17, 15) is 13.9 Å². The molecule has 1 aromatic heterocycles. The monoisotopic (exact) mass is 491 g/mol. The van der Waals surface area contributed by atoms with Crippen LogP contribution in [0.3, 0.4) is 0 Å². The van der Waals surface area contributed by atoms with Gasteiger partial charge in [-0.05, 0) is 68.0 Å². The highest BCUT2D eigenvalue weighted by atomic mass is 19.1. The first-order valence-electron chi connectivity index (χ1n) is 12.9. The third-order valence-electron chi connectivity index (χ3n) is 8.27. The van der Waals surface area contributed by atoms with Crippen LogP contribution in [0, 0.1) is 17.6 Å². The molecule has 2 aliphatic heterocycles. The van der Waals surface area contributed by atoms with Gasteiger partial charge in [-0.1, -0.05) is 36.4 Å². The fraction of sp³-hybridized carbons (Fsp3) is 0.414. The molecule has 6 rings (SSSR count). The summed E-state index contributed by atoms with van der Waals surface area (Å²) in [5, 5.41) is 11.0. The Balaban J connectivity index is 1.01. The number of aliphatic hydroxyl groups excluding tert-OH is 1. The second kappa shape index (κ2) is 9.45. The topological polar surface area (TPSA) is 52.7 Å². The van der Waals surface area contributed by atoms with Crippen LogP contribution in [-0.2, 0) is 5.41 Å². The molecule has 3 aliphatic rings. The third-order valence-corrected chi connectivity index (χ3v) is 8.27. The van der Waals surface area contributed by atoms with Crippen molar-refractivity contribution in [3.63, 3.8) is 0 Å². The first-order valence-corrected chi connectivity index (χ1v) is 12.9. The number of piperidine rings is 2. The van der Waals surface area contributed by atoms with Crippen LogP contribution in [0.2, 0.25) is 0 Å². The molecule has 1 aliphatic carbocycles. The quantitative estimate of drug-likeness (QED) is 0.528. The van der Waals surface area contributed by atoms with E-state index >= 15 is 0 Å². The summed E-state index contributed by atoms with van der Waals surface area (Å²) < 4.78 is 32.9. The summed E-state index contributed by atoms with van der Waals surface area (Å²) in [4.78, 5) is 8.78. The average molecular weight is 492 g/mol. The number of aromatic nitrogens is 1. The van der Waals surface area contributed by atoms with Gasteiger partial charge in [0.05, 0.1) is 12.3 Å². The van der Waals surface area contributed by atoms with Crippen LogP contribution in [0.4, 0.5) is 14.8 Å². The minimum Gasteiger partial charge on any atom is -0.423 e. The Bertz CT molecular complexity index is 1240. The molecule has 7 heteroatoms. The summed E-state index contributed by atoms with van der Waals surface area (Å²) in [6, 6.07) is 12.5. The number of rotatable bonds is 5. The average Bonchev–Trinajstić information content (AvgIpc) is 3.52. The lowest BCUT2D eigenvalue weighted by Gasteiger charge is -2.41. The third kappa shape index (κ3) is 4.46. The molecular weight excluding hydrogens is 460 g/mol. The van der Waals surface area contributed by atoms with E-state index in [0.29, 0.717) is 23.9 Å². The summed E-state index contributed by atoms with van der Waals surface area (Å²) in [6.07, 6.45) is 9.68. The number of benzene rings is 2. The van der Waals surface area contributed by atoms with Crippen molar-refractivity contribution in [2.45, 2.75) is 37.2 Å². The molecule has 1 spiro atoms. The van der Waals surface area contributed by atoms with Crippen molar-refractivity contribution in [3.8, 4) is 11.3 Å². The van der Waals surface area contributed by atoms with Crippen molar-refractivity contribution in [1.29, 1.82) is 0 Å². The standard InChI is InChI=1S/C29H31F2N3O2/c30-23-15-22(16-24(31)17-23)27-18-32-28(36-27)34-11-6-21(7-12-34)26(35)19-33-13-9-29(10-14-33)8-5-20-3-1-2-4-25(20)29/h1-5,8,15-18,21,26,35H,6-7,9-14,19H2/t26-/m1/s1. The van der Waals surface area contributed by atoms with Crippen molar-refractivity contribution >= 4 is 12.1 Å². The van der Waals surface area contributed by atoms with E-state index in [4.69, 9.17) is 4.42 Å². The molecule has 0 unspecified atom stereocenters. The van der Waals surface area contributed by atoms with Gasteiger partial charge in [0.25, 0.3) is 6.01 Å². The van der Waals surface area contributed by atoms with Gasteiger partial charge in [-0.25, -0.2) is 13.8 Å². The van der Waals surface area contributed by atoms with Gasteiger partial charge in [-0.3, -0.25) is 0 Å². The van der Waals surface area contributed by atoms with Crippen LogP contribution >= 0.6 is 0 Å². The molecule has 3 aromatic rings. The molecule has 1 N–H and O–H groups in total. The second-order valence-electron chi connectivity index (χ2n) is 10.4. The molecule has 5 nitrogen and oxygen atoms in total. The van der Waals surface area contributed by atoms with Crippen LogP contribution in [0.1, 0.15) is 36.8 Å². The van der Waals surface area contributed by atoms with E-state index < -0.39 is 11.6 Å². The van der Waals surface area contributed by atoms with Crippen LogP contribution in [0.15, 0.2) is 59.2 Å². The molecule has 3 heterocycles. The lowest BCUT2D eigenvalue weighted by atomic mass is 9.74. The zero-order valence-electron chi connectivity index (χ0n) is 20.2. The number of allylic oxidation sites excluding steroid dienone is 1. The van der Waals surface area contributed by atoms with E-state index in [1.54, 1.807) is 0 Å². The zero-order valence-corrected chi connectivity index (χ0v) is 20.2. The number of halogens is 2. The number of anilines is 1. The predicted molar refractivity (Wildman–Crippen MR) is 136 cm³/mol. The van der Waals surface area contributed by atoms with Gasteiger partial charge in [0.1, 0.15) is 11.6 Å². The van der Waals surface area contributed by atoms with Crippen molar-refractivity contribution in [1.82, 2.24) is 9.88 Å². The number of likely N-dealkylation sites (tertiary alicyclic amines) is 1. The van der Waals surface area contributed by atoms with Gasteiger partial charge in [0, 0.05) is 36.7 Å². The summed E-state index contributed by atoms with van der Waals surface area (Å²) in [6.45, 7) is 4.15. The molecular formula is C29H31F2N3O2. The highest BCUT2D eigenvalue weighted by Crippen LogP contribution is 2.43. The number of hydrogen-bond acceptors (Lipinski definition) is 5. The molecule has 0 bridgehead atoms. The smallest absolute Gasteiger partial charge is 0.297 e. The molecule has 0 saturated carbocycles. The van der Waals surface area contributed by atoms with Crippen molar-refractivity contribution in [2.75, 3.05) is 37.6 Å². The summed E-state index contributed by atoms with van der Waals surface area (Å²) in [5.74, 6) is -0.721. The SMILES string of the molecule is O[C@H](CN1CCC2(C=Cc3ccccc32)CC1)C1CCN(c2ncc(-c3cc(F)cc(F)c3)o2)CC1. The van der Waals surface area contributed by atoms with Gasteiger partial charge in [-0.15, -0.1) is 0 Å². The highest BCUT2D eigenvalue weighted by molar-refractivity contribution is 5.65. The number of fused-ring (bicyclic) bond motifs is 2. The van der Waals surface area contributed by atoms with E-state index in [1.807, 2.05) is 4.90 Å². The maximum atomic E-state index is 13.6. The number of oxazole rings is 1. The molecule has 188 valence electrons. The van der Waals surface area contributed by atoms with Gasteiger partial charge >= 0.3 is 0 Å². The fourth-order valence-corrected chi connectivity index (χ4v) is 6.14. The van der Waals surface area contributed by atoms with Crippen LogP contribution in [0.25, 0.3) is 17.4 Å². The van der Waals surface area contributed by atoms with Gasteiger partial charge in [0.15, 0.2) is 5.76 Å². The molecule has 2 fully saturated rings. The Morgan fingerprint density at radius 1 is 1.03 bits per heavy atom. The Morgan fingerprint density at radius 2 is 1.75 bits per heavy atom. The summed E-state index contributed by atoms with van der Waals surface area (Å²) in [7, 11) is 0. The Kier molecular flexibility index (Phi) is 6.13. The van der Waals surface area contributed by atoms with E-state index in [2.05, 4.69) is 46.3 Å². The number of nitrogens with zero attached hydrogens (tertiary/aromatic N) is 3.